The van der Waals surface area contributed by atoms with Gasteiger partial charge in [-0.25, -0.2) is 0 Å². The molecule has 0 aliphatic rings. The number of amides is 4. The van der Waals surface area contributed by atoms with Gasteiger partial charge < -0.3 is 31.3 Å². The highest BCUT2D eigenvalue weighted by molar-refractivity contribution is 5.92. The average molecular weight is 450 g/mol. The zero-order chi connectivity index (χ0) is 23.9. The van der Waals surface area contributed by atoms with E-state index in [1.807, 2.05) is 6.07 Å². The monoisotopic (exact) mass is 449 g/mol. The Bertz CT molecular complexity index is 784. The molecule has 1 aromatic rings. The van der Waals surface area contributed by atoms with Gasteiger partial charge in [-0.1, -0.05) is 44.2 Å². The van der Waals surface area contributed by atoms with Gasteiger partial charge in [0.25, 0.3) is 0 Å². The zero-order valence-corrected chi connectivity index (χ0v) is 18.5. The van der Waals surface area contributed by atoms with Crippen LogP contribution in [0, 0.1) is 5.92 Å². The molecule has 0 aliphatic heterocycles. The Kier molecular flexibility index (Phi) is 12.1. The normalized spacial score (nSPS) is 11.2. The molecule has 0 unspecified atom stereocenters. The molecule has 0 aliphatic carbocycles. The predicted molar refractivity (Wildman–Crippen MR) is 116 cm³/mol. The standard InChI is InChI=1S/C21H31N5O6/c1-14(2)21(31)32-13-25-18(28)11-24-20(30)16(9-15-7-5-4-6-8-15)26-19(29)12-23-17(27)10-22-3/h4-8,14,16,22H,9-13H2,1-3H3,(H,23,27)(H,24,30)(H,25,28)(H,26,29)/t16-/m0/s1. The summed E-state index contributed by atoms with van der Waals surface area (Å²) in [6.07, 6.45) is 0.191. The summed E-state index contributed by atoms with van der Waals surface area (Å²) in [6.45, 7) is 2.43. The topological polar surface area (TPSA) is 155 Å². The van der Waals surface area contributed by atoms with Crippen molar-refractivity contribution in [1.29, 1.82) is 0 Å². The summed E-state index contributed by atoms with van der Waals surface area (Å²) in [6, 6.07) is 8.07. The van der Waals surface area contributed by atoms with Crippen LogP contribution in [0.1, 0.15) is 19.4 Å². The average Bonchev–Trinajstić information content (AvgIpc) is 2.76. The van der Waals surface area contributed by atoms with Gasteiger partial charge in [0.1, 0.15) is 6.04 Å². The number of nitrogens with one attached hydrogen (secondary N) is 5. The molecule has 0 saturated heterocycles. The molecule has 5 N–H and O–H groups in total. The van der Waals surface area contributed by atoms with Crippen LogP contribution in [0.3, 0.4) is 0 Å². The van der Waals surface area contributed by atoms with E-state index in [9.17, 15) is 24.0 Å². The molecular formula is C21H31N5O6. The van der Waals surface area contributed by atoms with Crippen molar-refractivity contribution in [2.45, 2.75) is 26.3 Å². The number of esters is 1. The quantitative estimate of drug-likeness (QED) is 0.180. The summed E-state index contributed by atoms with van der Waals surface area (Å²) in [7, 11) is 1.60. The van der Waals surface area contributed by atoms with Crippen LogP contribution in [0.4, 0.5) is 0 Å². The van der Waals surface area contributed by atoms with E-state index in [2.05, 4.69) is 26.6 Å². The SMILES string of the molecule is CNCC(=O)NCC(=O)N[C@@H](Cc1ccccc1)C(=O)NCC(=O)NCOC(=O)C(C)C. The fourth-order valence-electron chi connectivity index (χ4n) is 2.41. The Morgan fingerprint density at radius 2 is 1.47 bits per heavy atom. The Morgan fingerprint density at radius 1 is 0.844 bits per heavy atom. The van der Waals surface area contributed by atoms with Gasteiger partial charge in [0, 0.05) is 6.42 Å². The third-order valence-corrected chi connectivity index (χ3v) is 4.10. The van der Waals surface area contributed by atoms with E-state index in [4.69, 9.17) is 4.74 Å². The lowest BCUT2D eigenvalue weighted by Gasteiger charge is -2.19. The predicted octanol–water partition coefficient (Wildman–Crippen LogP) is -1.56. The highest BCUT2D eigenvalue weighted by Gasteiger charge is 2.22. The first kappa shape index (κ1) is 26.6. The van der Waals surface area contributed by atoms with Crippen molar-refractivity contribution in [2.75, 3.05) is 33.4 Å². The zero-order valence-electron chi connectivity index (χ0n) is 18.5. The van der Waals surface area contributed by atoms with Gasteiger partial charge in [-0.05, 0) is 12.6 Å². The molecule has 0 heterocycles. The Hall–Kier alpha value is -3.47. The summed E-state index contributed by atoms with van der Waals surface area (Å²) in [5.74, 6) is -2.81. The second-order valence-corrected chi connectivity index (χ2v) is 7.20. The molecule has 11 heteroatoms. The van der Waals surface area contributed by atoms with Crippen LogP contribution in [-0.4, -0.2) is 69.1 Å². The molecule has 1 atom stereocenters. The van der Waals surface area contributed by atoms with Crippen LogP contribution >= 0.6 is 0 Å². The summed E-state index contributed by atoms with van der Waals surface area (Å²) >= 11 is 0. The lowest BCUT2D eigenvalue weighted by Crippen LogP contribution is -2.52. The second kappa shape index (κ2) is 14.5. The minimum Gasteiger partial charge on any atom is -0.444 e. The maximum absolute atomic E-state index is 12.6. The molecule has 0 radical (unpaired) electrons. The van der Waals surface area contributed by atoms with Crippen molar-refractivity contribution in [3.05, 3.63) is 35.9 Å². The van der Waals surface area contributed by atoms with Crippen molar-refractivity contribution < 1.29 is 28.7 Å². The lowest BCUT2D eigenvalue weighted by molar-refractivity contribution is -0.149. The fraction of sp³-hybridized carbons (Fsp3) is 0.476. The summed E-state index contributed by atoms with van der Waals surface area (Å²) < 4.78 is 4.84. The summed E-state index contributed by atoms with van der Waals surface area (Å²) in [4.78, 5) is 59.6. The number of rotatable bonds is 13. The van der Waals surface area contributed by atoms with Gasteiger partial charge in [-0.15, -0.1) is 0 Å². The van der Waals surface area contributed by atoms with E-state index < -0.39 is 29.7 Å². The molecule has 1 aromatic carbocycles. The van der Waals surface area contributed by atoms with Gasteiger partial charge in [0.15, 0.2) is 6.73 Å². The number of carbonyl (C=O) groups excluding carboxylic acids is 5. The van der Waals surface area contributed by atoms with E-state index in [-0.39, 0.29) is 44.6 Å². The van der Waals surface area contributed by atoms with Crippen LogP contribution in [0.5, 0.6) is 0 Å². The van der Waals surface area contributed by atoms with E-state index in [1.165, 1.54) is 0 Å². The third kappa shape index (κ3) is 11.1. The summed E-state index contributed by atoms with van der Waals surface area (Å²) in [5, 5.41) is 12.5. The molecule has 0 fully saturated rings. The molecule has 32 heavy (non-hydrogen) atoms. The lowest BCUT2D eigenvalue weighted by atomic mass is 10.1. The number of hydrogen-bond acceptors (Lipinski definition) is 7. The number of likely N-dealkylation sites (N-methyl/N-ethyl adjacent to an activating group) is 1. The maximum atomic E-state index is 12.6. The van der Waals surface area contributed by atoms with Gasteiger partial charge >= 0.3 is 5.97 Å². The molecule has 11 nitrogen and oxygen atoms in total. The maximum Gasteiger partial charge on any atom is 0.310 e. The molecular weight excluding hydrogens is 418 g/mol. The first-order valence-electron chi connectivity index (χ1n) is 10.2. The number of hydrogen-bond donors (Lipinski definition) is 5. The molecule has 0 saturated carbocycles. The minimum atomic E-state index is -0.960. The highest BCUT2D eigenvalue weighted by Crippen LogP contribution is 2.03. The van der Waals surface area contributed by atoms with E-state index in [0.29, 0.717) is 0 Å². The molecule has 4 amide bonds. The van der Waals surface area contributed by atoms with Crippen molar-refractivity contribution >= 4 is 29.6 Å². The first-order chi connectivity index (χ1) is 15.2. The smallest absolute Gasteiger partial charge is 0.310 e. The first-order valence-corrected chi connectivity index (χ1v) is 10.2. The molecule has 176 valence electrons. The summed E-state index contributed by atoms with van der Waals surface area (Å²) in [5.41, 5.74) is 0.803. The van der Waals surface area contributed by atoms with Crippen LogP contribution in [-0.2, 0) is 35.1 Å². The second-order valence-electron chi connectivity index (χ2n) is 7.20. The van der Waals surface area contributed by atoms with Crippen LogP contribution in [0.15, 0.2) is 30.3 Å². The van der Waals surface area contributed by atoms with Crippen LogP contribution in [0.2, 0.25) is 0 Å². The van der Waals surface area contributed by atoms with E-state index in [1.54, 1.807) is 45.2 Å². The van der Waals surface area contributed by atoms with Crippen LogP contribution < -0.4 is 26.6 Å². The highest BCUT2D eigenvalue weighted by atomic mass is 16.5. The Morgan fingerprint density at radius 3 is 2.09 bits per heavy atom. The van der Waals surface area contributed by atoms with Crippen LogP contribution in [0.25, 0.3) is 0 Å². The van der Waals surface area contributed by atoms with Crippen molar-refractivity contribution in [2.24, 2.45) is 5.92 Å². The molecule has 1 rings (SSSR count). The van der Waals surface area contributed by atoms with E-state index >= 15 is 0 Å². The number of benzene rings is 1. The van der Waals surface area contributed by atoms with Crippen molar-refractivity contribution in [3.8, 4) is 0 Å². The fourth-order valence-corrected chi connectivity index (χ4v) is 2.41. The Labute approximate surface area is 187 Å². The third-order valence-electron chi connectivity index (χ3n) is 4.10. The molecule has 0 bridgehead atoms. The van der Waals surface area contributed by atoms with Gasteiger partial charge in [0.05, 0.1) is 25.6 Å². The van der Waals surface area contributed by atoms with Crippen molar-refractivity contribution in [1.82, 2.24) is 26.6 Å². The van der Waals surface area contributed by atoms with Gasteiger partial charge in [-0.2, -0.15) is 0 Å². The van der Waals surface area contributed by atoms with E-state index in [0.717, 1.165) is 5.56 Å². The van der Waals surface area contributed by atoms with Gasteiger partial charge in [-0.3, -0.25) is 24.0 Å². The number of carbonyl (C=O) groups is 5. The van der Waals surface area contributed by atoms with Crippen molar-refractivity contribution in [3.63, 3.8) is 0 Å². The molecule has 0 aromatic heterocycles. The molecule has 0 spiro atoms. The largest absolute Gasteiger partial charge is 0.444 e. The van der Waals surface area contributed by atoms with Gasteiger partial charge in [0.2, 0.25) is 23.6 Å². The Balaban J connectivity index is 2.60. The number of ether oxygens (including phenoxy) is 1. The minimum absolute atomic E-state index is 0.0583.